The number of nitrogens with two attached hydrogens (primary N) is 1. The summed E-state index contributed by atoms with van der Waals surface area (Å²) in [5.41, 5.74) is 7.22. The highest BCUT2D eigenvalue weighted by Gasteiger charge is 2.18. The molecule has 0 atom stereocenters. The van der Waals surface area contributed by atoms with Crippen LogP contribution in [0.3, 0.4) is 0 Å². The SMILES string of the molecule is Cc1ccc(Br)c(NS(=O)(=O)c2cnccc2N)c1. The third-order valence-electron chi connectivity index (χ3n) is 2.47. The number of hydrogen-bond donors (Lipinski definition) is 2. The lowest BCUT2D eigenvalue weighted by Gasteiger charge is -2.11. The molecule has 0 aliphatic heterocycles. The Hall–Kier alpha value is -1.60. The van der Waals surface area contributed by atoms with Gasteiger partial charge in [-0.15, -0.1) is 0 Å². The quantitative estimate of drug-likeness (QED) is 0.898. The normalized spacial score (nSPS) is 11.3. The molecule has 2 rings (SSSR count). The standard InChI is InChI=1S/C12H12BrN3O2S/c1-8-2-3-9(13)11(6-8)16-19(17,18)12-7-15-5-4-10(12)14/h2-7,16H,1H3,(H2,14,15). The van der Waals surface area contributed by atoms with Gasteiger partial charge in [0.05, 0.1) is 11.4 Å². The second-order valence-corrected chi connectivity index (χ2v) is 6.51. The Morgan fingerprint density at radius 3 is 2.74 bits per heavy atom. The van der Waals surface area contributed by atoms with E-state index in [0.717, 1.165) is 5.56 Å². The molecule has 0 aliphatic rings. The van der Waals surface area contributed by atoms with Crippen LogP contribution in [0.15, 0.2) is 46.0 Å². The van der Waals surface area contributed by atoms with Crippen LogP contribution < -0.4 is 10.5 Å². The van der Waals surface area contributed by atoms with Crippen molar-refractivity contribution in [2.24, 2.45) is 0 Å². The van der Waals surface area contributed by atoms with E-state index in [1.807, 2.05) is 13.0 Å². The molecule has 2 aromatic rings. The molecule has 0 unspecified atom stereocenters. The molecular weight excluding hydrogens is 330 g/mol. The lowest BCUT2D eigenvalue weighted by molar-refractivity contribution is 0.601. The fraction of sp³-hybridized carbons (Fsp3) is 0.0833. The molecule has 0 radical (unpaired) electrons. The van der Waals surface area contributed by atoms with Gasteiger partial charge in [0, 0.05) is 16.9 Å². The average molecular weight is 342 g/mol. The summed E-state index contributed by atoms with van der Waals surface area (Å²) in [6.07, 6.45) is 2.66. The van der Waals surface area contributed by atoms with Crippen LogP contribution in [0.25, 0.3) is 0 Å². The number of aromatic nitrogens is 1. The van der Waals surface area contributed by atoms with E-state index in [9.17, 15) is 8.42 Å². The molecule has 1 aromatic carbocycles. The fourth-order valence-corrected chi connectivity index (χ4v) is 3.16. The van der Waals surface area contributed by atoms with Gasteiger partial charge < -0.3 is 5.73 Å². The van der Waals surface area contributed by atoms with Crippen molar-refractivity contribution in [2.75, 3.05) is 10.5 Å². The van der Waals surface area contributed by atoms with Crippen molar-refractivity contribution >= 4 is 37.3 Å². The van der Waals surface area contributed by atoms with Crippen LogP contribution >= 0.6 is 15.9 Å². The van der Waals surface area contributed by atoms with E-state index in [1.54, 1.807) is 12.1 Å². The van der Waals surface area contributed by atoms with Crippen molar-refractivity contribution in [3.8, 4) is 0 Å². The molecule has 1 heterocycles. The predicted molar refractivity (Wildman–Crippen MR) is 78.3 cm³/mol. The molecule has 3 N–H and O–H groups in total. The largest absolute Gasteiger partial charge is 0.398 e. The summed E-state index contributed by atoms with van der Waals surface area (Å²) in [5, 5.41) is 0. The first-order valence-corrected chi connectivity index (χ1v) is 7.66. The molecule has 0 bridgehead atoms. The molecule has 0 amide bonds. The molecule has 0 saturated heterocycles. The van der Waals surface area contributed by atoms with Gasteiger partial charge in [0.1, 0.15) is 4.90 Å². The smallest absolute Gasteiger partial charge is 0.265 e. The molecule has 0 spiro atoms. The van der Waals surface area contributed by atoms with Crippen LogP contribution in [0.2, 0.25) is 0 Å². The van der Waals surface area contributed by atoms with E-state index in [2.05, 4.69) is 25.6 Å². The van der Waals surface area contributed by atoms with Crippen LogP contribution in [0.5, 0.6) is 0 Å². The Labute approximate surface area is 120 Å². The number of hydrogen-bond acceptors (Lipinski definition) is 4. The summed E-state index contributed by atoms with van der Waals surface area (Å²) >= 11 is 3.30. The number of halogens is 1. The van der Waals surface area contributed by atoms with Gasteiger partial charge in [0.25, 0.3) is 10.0 Å². The number of nitrogens with one attached hydrogen (secondary N) is 1. The maximum Gasteiger partial charge on any atom is 0.265 e. The lowest BCUT2D eigenvalue weighted by atomic mass is 10.2. The minimum absolute atomic E-state index is 0.0385. The van der Waals surface area contributed by atoms with Gasteiger partial charge in [-0.2, -0.15) is 0 Å². The van der Waals surface area contributed by atoms with Gasteiger partial charge in [0.2, 0.25) is 0 Å². The zero-order valence-corrected chi connectivity index (χ0v) is 12.5. The summed E-state index contributed by atoms with van der Waals surface area (Å²) < 4.78 is 27.6. The number of nitrogen functional groups attached to an aromatic ring is 1. The van der Waals surface area contributed by atoms with Crippen molar-refractivity contribution in [1.29, 1.82) is 0 Å². The summed E-state index contributed by atoms with van der Waals surface area (Å²) in [7, 11) is -3.75. The average Bonchev–Trinajstić information content (AvgIpc) is 2.34. The monoisotopic (exact) mass is 341 g/mol. The van der Waals surface area contributed by atoms with E-state index in [0.29, 0.717) is 10.2 Å². The Morgan fingerprint density at radius 2 is 2.05 bits per heavy atom. The van der Waals surface area contributed by atoms with E-state index in [-0.39, 0.29) is 10.6 Å². The van der Waals surface area contributed by atoms with Crippen LogP contribution in [-0.2, 0) is 10.0 Å². The first-order valence-electron chi connectivity index (χ1n) is 5.38. The van der Waals surface area contributed by atoms with Gasteiger partial charge >= 0.3 is 0 Å². The van der Waals surface area contributed by atoms with Gasteiger partial charge in [-0.1, -0.05) is 6.07 Å². The summed E-state index contributed by atoms with van der Waals surface area (Å²) in [6.45, 7) is 1.88. The van der Waals surface area contributed by atoms with Crippen molar-refractivity contribution < 1.29 is 8.42 Å². The number of aryl methyl sites for hydroxylation is 1. The highest BCUT2D eigenvalue weighted by Crippen LogP contribution is 2.27. The predicted octanol–water partition coefficient (Wildman–Crippen LogP) is 2.54. The number of nitrogens with zero attached hydrogens (tertiary/aromatic N) is 1. The van der Waals surface area contributed by atoms with Crippen LogP contribution in [0, 0.1) is 6.92 Å². The maximum atomic E-state index is 12.2. The van der Waals surface area contributed by atoms with Crippen LogP contribution in [0.4, 0.5) is 11.4 Å². The third-order valence-corrected chi connectivity index (χ3v) is 4.57. The van der Waals surface area contributed by atoms with E-state index in [1.165, 1.54) is 18.5 Å². The van der Waals surface area contributed by atoms with Crippen molar-refractivity contribution in [3.05, 3.63) is 46.7 Å². The second-order valence-electron chi connectivity index (χ2n) is 4.00. The van der Waals surface area contributed by atoms with Crippen LogP contribution in [-0.4, -0.2) is 13.4 Å². The highest BCUT2D eigenvalue weighted by molar-refractivity contribution is 9.10. The van der Waals surface area contributed by atoms with Crippen LogP contribution in [0.1, 0.15) is 5.56 Å². The fourth-order valence-electron chi connectivity index (χ4n) is 1.53. The Bertz CT molecular complexity index is 717. The van der Waals surface area contributed by atoms with Crippen molar-refractivity contribution in [2.45, 2.75) is 11.8 Å². The van der Waals surface area contributed by atoms with Gasteiger partial charge in [-0.25, -0.2) is 8.42 Å². The van der Waals surface area contributed by atoms with E-state index >= 15 is 0 Å². The van der Waals surface area contributed by atoms with Gasteiger partial charge in [-0.3, -0.25) is 9.71 Å². The maximum absolute atomic E-state index is 12.2. The summed E-state index contributed by atoms with van der Waals surface area (Å²) in [4.78, 5) is 3.74. The first-order chi connectivity index (χ1) is 8.90. The zero-order valence-electron chi connectivity index (χ0n) is 10.1. The number of benzene rings is 1. The summed E-state index contributed by atoms with van der Waals surface area (Å²) in [5.74, 6) is 0. The van der Waals surface area contributed by atoms with E-state index < -0.39 is 10.0 Å². The molecule has 5 nitrogen and oxygen atoms in total. The topological polar surface area (TPSA) is 85.1 Å². The Kier molecular flexibility index (Phi) is 3.77. The molecular formula is C12H12BrN3O2S. The minimum atomic E-state index is -3.75. The minimum Gasteiger partial charge on any atom is -0.398 e. The number of anilines is 2. The van der Waals surface area contributed by atoms with Gasteiger partial charge in [0.15, 0.2) is 0 Å². The third kappa shape index (κ3) is 3.05. The zero-order chi connectivity index (χ0) is 14.0. The highest BCUT2D eigenvalue weighted by atomic mass is 79.9. The molecule has 100 valence electrons. The molecule has 19 heavy (non-hydrogen) atoms. The number of sulfonamides is 1. The molecule has 0 fully saturated rings. The van der Waals surface area contributed by atoms with Crippen molar-refractivity contribution in [3.63, 3.8) is 0 Å². The van der Waals surface area contributed by atoms with E-state index in [4.69, 9.17) is 5.73 Å². The number of rotatable bonds is 3. The summed E-state index contributed by atoms with van der Waals surface area (Å²) in [6, 6.07) is 6.83. The molecule has 0 saturated carbocycles. The first kappa shape index (κ1) is 13.8. The molecule has 1 aromatic heterocycles. The van der Waals surface area contributed by atoms with Crippen molar-refractivity contribution in [1.82, 2.24) is 4.98 Å². The Balaban J connectivity index is 2.43. The molecule has 7 heteroatoms. The Morgan fingerprint density at radius 1 is 1.32 bits per heavy atom. The lowest BCUT2D eigenvalue weighted by Crippen LogP contribution is -2.15. The van der Waals surface area contributed by atoms with Gasteiger partial charge in [-0.05, 0) is 46.6 Å². The number of pyridine rings is 1. The molecule has 0 aliphatic carbocycles. The second kappa shape index (κ2) is 5.18.